The summed E-state index contributed by atoms with van der Waals surface area (Å²) >= 11 is 0. The molecule has 1 N–H and O–H groups in total. The lowest BCUT2D eigenvalue weighted by molar-refractivity contribution is 0.0601. The number of aliphatic hydroxyl groups excluding tert-OH is 1. The first-order chi connectivity index (χ1) is 9.76. The molecule has 3 rings (SSSR count). The van der Waals surface area contributed by atoms with E-state index in [4.69, 9.17) is 4.74 Å². The van der Waals surface area contributed by atoms with E-state index in [9.17, 15) is 9.90 Å². The summed E-state index contributed by atoms with van der Waals surface area (Å²) in [7, 11) is 1.40. The van der Waals surface area contributed by atoms with Crippen LogP contribution in [0.2, 0.25) is 0 Å². The zero-order valence-corrected chi connectivity index (χ0v) is 11.7. The minimum atomic E-state index is -0.300. The Kier molecular flexibility index (Phi) is 3.49. The monoisotopic (exact) mass is 273 g/mol. The first kappa shape index (κ1) is 13.2. The largest absolute Gasteiger partial charge is 0.465 e. The molecule has 4 heteroatoms. The Hall–Kier alpha value is -1.81. The van der Waals surface area contributed by atoms with Crippen molar-refractivity contribution < 1.29 is 14.6 Å². The maximum atomic E-state index is 11.7. The first-order valence-corrected chi connectivity index (χ1v) is 7.09. The maximum Gasteiger partial charge on any atom is 0.337 e. The van der Waals surface area contributed by atoms with Crippen LogP contribution in [-0.2, 0) is 24.1 Å². The van der Waals surface area contributed by atoms with Gasteiger partial charge in [0, 0.05) is 23.1 Å². The smallest absolute Gasteiger partial charge is 0.337 e. The van der Waals surface area contributed by atoms with Crippen molar-refractivity contribution in [3.8, 4) is 0 Å². The molecule has 106 valence electrons. The molecule has 2 aromatic rings. The van der Waals surface area contributed by atoms with Gasteiger partial charge in [-0.3, -0.25) is 0 Å². The van der Waals surface area contributed by atoms with Crippen molar-refractivity contribution in [3.63, 3.8) is 0 Å². The van der Waals surface area contributed by atoms with Crippen LogP contribution in [0.1, 0.15) is 34.5 Å². The van der Waals surface area contributed by atoms with Gasteiger partial charge in [0.1, 0.15) is 0 Å². The lowest BCUT2D eigenvalue weighted by Gasteiger charge is -2.15. The van der Waals surface area contributed by atoms with E-state index in [0.717, 1.165) is 23.7 Å². The standard InChI is InChI=1S/C16H19NO3/c1-20-16(19)11-6-7-15-13(10-11)12-4-2-3-5-14(12)17(15)8-9-18/h6-7,10,18H,2-5,8-9H2,1H3. The number of benzene rings is 1. The van der Waals surface area contributed by atoms with E-state index in [-0.39, 0.29) is 12.6 Å². The second kappa shape index (κ2) is 5.29. The van der Waals surface area contributed by atoms with Crippen molar-refractivity contribution in [2.24, 2.45) is 0 Å². The number of aliphatic hydroxyl groups is 1. The minimum Gasteiger partial charge on any atom is -0.465 e. The zero-order valence-electron chi connectivity index (χ0n) is 11.7. The molecule has 0 atom stereocenters. The van der Waals surface area contributed by atoms with E-state index in [1.54, 1.807) is 6.07 Å². The number of ether oxygens (including phenoxy) is 1. The van der Waals surface area contributed by atoms with E-state index in [1.807, 2.05) is 12.1 Å². The SMILES string of the molecule is COC(=O)c1ccc2c(c1)c1c(n2CCO)CCCC1. The van der Waals surface area contributed by atoms with E-state index in [2.05, 4.69) is 4.57 Å². The zero-order chi connectivity index (χ0) is 14.1. The average molecular weight is 273 g/mol. The van der Waals surface area contributed by atoms with E-state index in [0.29, 0.717) is 12.1 Å². The van der Waals surface area contributed by atoms with Crippen molar-refractivity contribution in [2.45, 2.75) is 32.2 Å². The normalized spacial score (nSPS) is 14.3. The lowest BCUT2D eigenvalue weighted by Crippen LogP contribution is -2.10. The van der Waals surface area contributed by atoms with Crippen LogP contribution in [0.15, 0.2) is 18.2 Å². The first-order valence-electron chi connectivity index (χ1n) is 7.09. The van der Waals surface area contributed by atoms with Gasteiger partial charge in [0.05, 0.1) is 19.3 Å². The Bertz CT molecular complexity index is 657. The van der Waals surface area contributed by atoms with Gasteiger partial charge in [-0.1, -0.05) is 0 Å². The van der Waals surface area contributed by atoms with Gasteiger partial charge in [0.25, 0.3) is 0 Å². The number of hydrogen-bond acceptors (Lipinski definition) is 3. The summed E-state index contributed by atoms with van der Waals surface area (Å²) in [6.45, 7) is 0.748. The second-order valence-corrected chi connectivity index (χ2v) is 5.23. The fourth-order valence-corrected chi connectivity index (χ4v) is 3.24. The summed E-state index contributed by atoms with van der Waals surface area (Å²) in [4.78, 5) is 11.7. The van der Waals surface area contributed by atoms with Gasteiger partial charge in [-0.2, -0.15) is 0 Å². The van der Waals surface area contributed by atoms with Crippen LogP contribution in [0.25, 0.3) is 10.9 Å². The van der Waals surface area contributed by atoms with Crippen LogP contribution in [-0.4, -0.2) is 29.4 Å². The van der Waals surface area contributed by atoms with E-state index < -0.39 is 0 Å². The predicted octanol–water partition coefficient (Wildman–Crippen LogP) is 2.30. The summed E-state index contributed by atoms with van der Waals surface area (Å²) in [5.41, 5.74) is 4.36. The Morgan fingerprint density at radius 2 is 2.15 bits per heavy atom. The molecule has 0 unspecified atom stereocenters. The van der Waals surface area contributed by atoms with E-state index >= 15 is 0 Å². The lowest BCUT2D eigenvalue weighted by atomic mass is 9.95. The summed E-state index contributed by atoms with van der Waals surface area (Å²) in [5, 5.41) is 10.4. The van der Waals surface area contributed by atoms with Gasteiger partial charge in [0.15, 0.2) is 0 Å². The maximum absolute atomic E-state index is 11.7. The molecule has 1 aromatic carbocycles. The Morgan fingerprint density at radius 1 is 1.35 bits per heavy atom. The highest BCUT2D eigenvalue weighted by Gasteiger charge is 2.20. The van der Waals surface area contributed by atoms with Gasteiger partial charge < -0.3 is 14.4 Å². The quantitative estimate of drug-likeness (QED) is 0.873. The van der Waals surface area contributed by atoms with Crippen molar-refractivity contribution in [3.05, 3.63) is 35.0 Å². The minimum absolute atomic E-state index is 0.134. The fraction of sp³-hybridized carbons (Fsp3) is 0.438. The number of methoxy groups -OCH3 is 1. The summed E-state index contributed by atoms with van der Waals surface area (Å²) in [6, 6.07) is 5.70. The Balaban J connectivity index is 2.21. The number of carbonyl (C=O) groups excluding carboxylic acids is 1. The summed E-state index contributed by atoms with van der Waals surface area (Å²) in [5.74, 6) is -0.300. The molecule has 20 heavy (non-hydrogen) atoms. The third-order valence-electron chi connectivity index (χ3n) is 4.12. The molecule has 4 nitrogen and oxygen atoms in total. The third kappa shape index (κ3) is 2.00. The predicted molar refractivity (Wildman–Crippen MR) is 77.0 cm³/mol. The summed E-state index contributed by atoms with van der Waals surface area (Å²) in [6.07, 6.45) is 4.48. The highest BCUT2D eigenvalue weighted by molar-refractivity contribution is 5.96. The summed E-state index contributed by atoms with van der Waals surface area (Å²) < 4.78 is 7.00. The molecule has 0 spiro atoms. The molecule has 1 aromatic heterocycles. The van der Waals surface area contributed by atoms with Crippen molar-refractivity contribution in [1.82, 2.24) is 4.57 Å². The van der Waals surface area contributed by atoms with Crippen LogP contribution < -0.4 is 0 Å². The van der Waals surface area contributed by atoms with Crippen LogP contribution in [0, 0.1) is 0 Å². The highest BCUT2D eigenvalue weighted by atomic mass is 16.5. The number of rotatable bonds is 3. The number of nitrogens with zero attached hydrogens (tertiary/aromatic N) is 1. The van der Waals surface area contributed by atoms with Crippen LogP contribution in [0.5, 0.6) is 0 Å². The topological polar surface area (TPSA) is 51.5 Å². The number of aromatic nitrogens is 1. The van der Waals surface area contributed by atoms with Gasteiger partial charge in [0.2, 0.25) is 0 Å². The molecule has 1 aliphatic carbocycles. The van der Waals surface area contributed by atoms with Gasteiger partial charge in [-0.05, 0) is 49.4 Å². The van der Waals surface area contributed by atoms with Crippen molar-refractivity contribution in [1.29, 1.82) is 0 Å². The molecule has 0 fully saturated rings. The molecule has 0 saturated carbocycles. The molecule has 0 saturated heterocycles. The van der Waals surface area contributed by atoms with Gasteiger partial charge >= 0.3 is 5.97 Å². The molecule has 1 heterocycles. The number of fused-ring (bicyclic) bond motifs is 3. The van der Waals surface area contributed by atoms with Gasteiger partial charge in [-0.15, -0.1) is 0 Å². The van der Waals surface area contributed by atoms with Crippen LogP contribution in [0.3, 0.4) is 0 Å². The highest BCUT2D eigenvalue weighted by Crippen LogP contribution is 2.32. The van der Waals surface area contributed by atoms with Crippen LogP contribution >= 0.6 is 0 Å². The molecular weight excluding hydrogens is 254 g/mol. The number of aryl methyl sites for hydroxylation is 1. The Morgan fingerprint density at radius 3 is 2.90 bits per heavy atom. The second-order valence-electron chi connectivity index (χ2n) is 5.23. The molecule has 1 aliphatic rings. The average Bonchev–Trinajstić information content (AvgIpc) is 2.81. The molecule has 0 aliphatic heterocycles. The molecule has 0 bridgehead atoms. The molecule has 0 radical (unpaired) electrons. The fourth-order valence-electron chi connectivity index (χ4n) is 3.24. The van der Waals surface area contributed by atoms with Gasteiger partial charge in [-0.25, -0.2) is 4.79 Å². The van der Waals surface area contributed by atoms with E-state index in [1.165, 1.54) is 31.2 Å². The molecular formula is C16H19NO3. The number of carbonyl (C=O) groups is 1. The van der Waals surface area contributed by atoms with Crippen molar-refractivity contribution in [2.75, 3.05) is 13.7 Å². The number of esters is 1. The van der Waals surface area contributed by atoms with Crippen LogP contribution in [0.4, 0.5) is 0 Å². The Labute approximate surface area is 118 Å². The molecule has 0 amide bonds. The number of hydrogen-bond donors (Lipinski definition) is 1. The third-order valence-corrected chi connectivity index (χ3v) is 4.12. The van der Waals surface area contributed by atoms with Crippen molar-refractivity contribution >= 4 is 16.9 Å².